The van der Waals surface area contributed by atoms with Crippen LogP contribution in [0.25, 0.3) is 55.2 Å². The van der Waals surface area contributed by atoms with Crippen LogP contribution < -0.4 is 5.32 Å². The Bertz CT molecular complexity index is 1720. The number of benzene rings is 1. The van der Waals surface area contributed by atoms with Crippen molar-refractivity contribution < 1.29 is 9.18 Å². The van der Waals surface area contributed by atoms with Gasteiger partial charge >= 0.3 is 0 Å². The number of thiophene rings is 1. The second-order valence-electron chi connectivity index (χ2n) is 7.94. The Labute approximate surface area is 202 Å². The molecule has 0 saturated carbocycles. The summed E-state index contributed by atoms with van der Waals surface area (Å²) in [7, 11) is 0. The van der Waals surface area contributed by atoms with Crippen LogP contribution in [-0.2, 0) is 4.79 Å². The van der Waals surface area contributed by atoms with Gasteiger partial charge in [-0.2, -0.15) is 9.49 Å². The summed E-state index contributed by atoms with van der Waals surface area (Å²) in [4.78, 5) is 29.3. The van der Waals surface area contributed by atoms with Crippen molar-refractivity contribution in [1.82, 2.24) is 30.1 Å². The van der Waals surface area contributed by atoms with Gasteiger partial charge in [-0.25, -0.2) is 4.98 Å². The van der Waals surface area contributed by atoms with Crippen LogP contribution in [0.5, 0.6) is 0 Å². The third kappa shape index (κ3) is 3.83. The van der Waals surface area contributed by atoms with Gasteiger partial charge in [0.15, 0.2) is 11.0 Å². The summed E-state index contributed by atoms with van der Waals surface area (Å²) in [6.45, 7) is 1.80. The molecule has 5 aromatic heterocycles. The van der Waals surface area contributed by atoms with E-state index in [0.29, 0.717) is 39.7 Å². The van der Waals surface area contributed by atoms with Crippen molar-refractivity contribution in [2.45, 2.75) is 13.3 Å². The van der Waals surface area contributed by atoms with Gasteiger partial charge in [0, 0.05) is 29.8 Å². The number of imidazole rings is 1. The molecular weight excluding hydrogens is 465 g/mol. The Kier molecular flexibility index (Phi) is 5.07. The highest BCUT2D eigenvalue weighted by Crippen LogP contribution is 2.34. The molecule has 3 N–H and O–H groups in total. The molecule has 8 nitrogen and oxygen atoms in total. The summed E-state index contributed by atoms with van der Waals surface area (Å²) in [6.07, 6.45) is 5.44. The van der Waals surface area contributed by atoms with Gasteiger partial charge in [0.05, 0.1) is 27.8 Å². The van der Waals surface area contributed by atoms with Gasteiger partial charge in [-0.1, -0.05) is 13.0 Å². The number of carbonyl (C=O) groups excluding carboxylic acids is 1. The fraction of sp³-hybridized carbons (Fsp3) is 0.0800. The topological polar surface area (TPSA) is 112 Å². The number of fused-ring (bicyclic) bond motifs is 2. The first-order valence-electron chi connectivity index (χ1n) is 10.9. The van der Waals surface area contributed by atoms with Crippen LogP contribution >= 0.6 is 11.3 Å². The molecule has 1 amide bonds. The first kappa shape index (κ1) is 21.1. The minimum Gasteiger partial charge on any atom is -0.336 e. The van der Waals surface area contributed by atoms with Crippen molar-refractivity contribution in [3.05, 3.63) is 66.2 Å². The number of pyridine rings is 2. The number of halogens is 1. The minimum absolute atomic E-state index is 0.0689. The maximum atomic E-state index is 13.6. The average Bonchev–Trinajstić information content (AvgIpc) is 3.61. The Morgan fingerprint density at radius 2 is 1.97 bits per heavy atom. The number of hydrogen-bond acceptors (Lipinski definition) is 6. The minimum atomic E-state index is -0.270. The molecule has 6 aromatic rings. The molecule has 0 saturated heterocycles. The van der Waals surface area contributed by atoms with Gasteiger partial charge in [0.25, 0.3) is 0 Å². The molecule has 0 aliphatic heterocycles. The van der Waals surface area contributed by atoms with Crippen molar-refractivity contribution in [3.8, 4) is 33.2 Å². The molecule has 6 rings (SSSR count). The fourth-order valence-electron chi connectivity index (χ4n) is 3.96. The van der Waals surface area contributed by atoms with E-state index in [2.05, 4.69) is 30.5 Å². The van der Waals surface area contributed by atoms with Crippen LogP contribution in [0.15, 0.2) is 61.1 Å². The standard InChI is InChI=1S/C25H18FN7OS/c1-2-21(34)29-15-9-14(11-27-12-15)13-3-4-17-16(10-13)22(33-32-17)25-30-18-7-8-28-24(23(18)31-25)19-5-6-20(26)35-19/h3-12H,2H2,1H3,(H,29,34)(H,30,31)(H,32,33). The zero-order valence-corrected chi connectivity index (χ0v) is 19.3. The van der Waals surface area contributed by atoms with Gasteiger partial charge in [-0.15, -0.1) is 11.3 Å². The molecule has 0 atom stereocenters. The predicted molar refractivity (Wildman–Crippen MR) is 134 cm³/mol. The Morgan fingerprint density at radius 3 is 2.80 bits per heavy atom. The summed E-state index contributed by atoms with van der Waals surface area (Å²) < 4.78 is 13.6. The number of aromatic amines is 2. The normalized spacial score (nSPS) is 11.4. The highest BCUT2D eigenvalue weighted by atomic mass is 32.1. The molecule has 0 aliphatic carbocycles. The van der Waals surface area contributed by atoms with Gasteiger partial charge in [0.1, 0.15) is 16.9 Å². The molecule has 0 radical (unpaired) electrons. The van der Waals surface area contributed by atoms with E-state index < -0.39 is 0 Å². The van der Waals surface area contributed by atoms with Crippen LogP contribution in [0, 0.1) is 5.13 Å². The number of carbonyl (C=O) groups is 1. The predicted octanol–water partition coefficient (Wildman–Crippen LogP) is 5.78. The van der Waals surface area contributed by atoms with Crippen molar-refractivity contribution >= 4 is 44.9 Å². The van der Waals surface area contributed by atoms with E-state index in [9.17, 15) is 9.18 Å². The molecule has 0 unspecified atom stereocenters. The second kappa shape index (κ2) is 8.41. The summed E-state index contributed by atoms with van der Waals surface area (Å²) >= 11 is 1.03. The van der Waals surface area contributed by atoms with Crippen LogP contribution in [0.1, 0.15) is 13.3 Å². The molecule has 0 aliphatic rings. The highest BCUT2D eigenvalue weighted by molar-refractivity contribution is 7.13. The molecule has 1 aromatic carbocycles. The first-order valence-corrected chi connectivity index (χ1v) is 11.7. The van der Waals surface area contributed by atoms with Crippen molar-refractivity contribution in [3.63, 3.8) is 0 Å². The second-order valence-corrected chi connectivity index (χ2v) is 8.98. The molecule has 10 heteroatoms. The third-order valence-corrected chi connectivity index (χ3v) is 6.55. The molecule has 172 valence electrons. The van der Waals surface area contributed by atoms with E-state index in [1.165, 1.54) is 6.07 Å². The number of H-pyrrole nitrogens is 2. The molecule has 0 bridgehead atoms. The van der Waals surface area contributed by atoms with E-state index in [-0.39, 0.29) is 11.0 Å². The monoisotopic (exact) mass is 483 g/mol. The van der Waals surface area contributed by atoms with E-state index in [4.69, 9.17) is 4.98 Å². The SMILES string of the molecule is CCC(=O)Nc1cncc(-c2ccc3[nH]nc(-c4nc5c(-c6ccc(F)s6)nccc5[nH]4)c3c2)c1. The Hall–Kier alpha value is -4.44. The van der Waals surface area contributed by atoms with E-state index in [1.54, 1.807) is 31.6 Å². The lowest BCUT2D eigenvalue weighted by Gasteiger charge is -2.06. The van der Waals surface area contributed by atoms with Crippen molar-refractivity contribution in [2.75, 3.05) is 5.32 Å². The lowest BCUT2D eigenvalue weighted by Crippen LogP contribution is -2.09. The summed E-state index contributed by atoms with van der Waals surface area (Å²) in [5.41, 5.74) is 6.00. The van der Waals surface area contributed by atoms with Crippen molar-refractivity contribution in [1.29, 1.82) is 0 Å². The number of aromatic nitrogens is 6. The van der Waals surface area contributed by atoms with Gasteiger partial charge < -0.3 is 10.3 Å². The average molecular weight is 484 g/mol. The molecule has 35 heavy (non-hydrogen) atoms. The number of nitrogens with one attached hydrogen (secondary N) is 3. The number of amides is 1. The number of rotatable bonds is 5. The Balaban J connectivity index is 1.43. The van der Waals surface area contributed by atoms with E-state index >= 15 is 0 Å². The molecule has 0 fully saturated rings. The quantitative estimate of drug-likeness (QED) is 0.288. The van der Waals surface area contributed by atoms with Crippen LogP contribution in [0.2, 0.25) is 0 Å². The number of anilines is 1. The third-order valence-electron chi connectivity index (χ3n) is 5.67. The summed E-state index contributed by atoms with van der Waals surface area (Å²) in [5, 5.41) is 11.0. The van der Waals surface area contributed by atoms with Gasteiger partial charge in [-0.3, -0.25) is 19.9 Å². The van der Waals surface area contributed by atoms with E-state index in [0.717, 1.165) is 38.9 Å². The van der Waals surface area contributed by atoms with Crippen LogP contribution in [0.4, 0.5) is 10.1 Å². The fourth-order valence-corrected chi connectivity index (χ4v) is 4.69. The van der Waals surface area contributed by atoms with E-state index in [1.807, 2.05) is 30.3 Å². The van der Waals surface area contributed by atoms with Crippen molar-refractivity contribution in [2.24, 2.45) is 0 Å². The summed E-state index contributed by atoms with van der Waals surface area (Å²) in [5.74, 6) is 0.511. The number of nitrogens with zero attached hydrogens (tertiary/aromatic N) is 4. The maximum Gasteiger partial charge on any atom is 0.224 e. The first-order chi connectivity index (χ1) is 17.1. The van der Waals surface area contributed by atoms with Gasteiger partial charge in [0.2, 0.25) is 5.91 Å². The smallest absolute Gasteiger partial charge is 0.224 e. The largest absolute Gasteiger partial charge is 0.336 e. The molecular formula is C25H18FN7OS. The Morgan fingerprint density at radius 1 is 1.06 bits per heavy atom. The zero-order valence-electron chi connectivity index (χ0n) is 18.5. The highest BCUT2D eigenvalue weighted by Gasteiger charge is 2.17. The van der Waals surface area contributed by atoms with Crippen LogP contribution in [-0.4, -0.2) is 36.0 Å². The number of hydrogen-bond donors (Lipinski definition) is 3. The maximum absolute atomic E-state index is 13.6. The lowest BCUT2D eigenvalue weighted by atomic mass is 10.0. The summed E-state index contributed by atoms with van der Waals surface area (Å²) in [6, 6.07) is 12.8. The van der Waals surface area contributed by atoms with Crippen LogP contribution in [0.3, 0.4) is 0 Å². The zero-order chi connectivity index (χ0) is 23.9. The van der Waals surface area contributed by atoms with Gasteiger partial charge in [-0.05, 0) is 42.0 Å². The molecule has 0 spiro atoms. The lowest BCUT2D eigenvalue weighted by molar-refractivity contribution is -0.115. The molecule has 5 heterocycles.